The maximum atomic E-state index is 11.8. The van der Waals surface area contributed by atoms with Crippen LogP contribution in [0, 0.1) is 5.21 Å². The van der Waals surface area contributed by atoms with Crippen LogP contribution < -0.4 is 16.0 Å². The van der Waals surface area contributed by atoms with E-state index >= 15 is 0 Å². The van der Waals surface area contributed by atoms with Gasteiger partial charge in [-0.3, -0.25) is 14.4 Å². The molecular weight excluding hydrogens is 396 g/mol. The van der Waals surface area contributed by atoms with Crippen LogP contribution in [0.15, 0.2) is 0 Å². The summed E-state index contributed by atoms with van der Waals surface area (Å²) in [5.74, 6) is -0.377. The fraction of sp³-hybridized carbons (Fsp3) is 0.870. The van der Waals surface area contributed by atoms with E-state index in [9.17, 15) is 19.6 Å². The first kappa shape index (κ1) is 29.3. The first-order valence-corrected chi connectivity index (χ1v) is 12.1. The number of hydrogen-bond donors (Lipinski definition) is 3. The smallest absolute Gasteiger partial charge is 0.220 e. The van der Waals surface area contributed by atoms with E-state index in [-0.39, 0.29) is 35.2 Å². The van der Waals surface area contributed by atoms with Gasteiger partial charge in [0.2, 0.25) is 17.7 Å². The minimum Gasteiger partial charge on any atom is -0.633 e. The van der Waals surface area contributed by atoms with E-state index in [4.69, 9.17) is 0 Å². The molecule has 0 aliphatic heterocycles. The molecule has 0 unspecified atom stereocenters. The van der Waals surface area contributed by atoms with Gasteiger partial charge in [-0.15, -0.1) is 0 Å². The molecule has 0 saturated carbocycles. The van der Waals surface area contributed by atoms with Crippen LogP contribution in [0.25, 0.3) is 0 Å². The number of nitrogens with zero attached hydrogens (tertiary/aromatic N) is 1. The van der Waals surface area contributed by atoms with Gasteiger partial charge in [0.25, 0.3) is 0 Å². The molecule has 0 aromatic rings. The van der Waals surface area contributed by atoms with Gasteiger partial charge in [-0.2, -0.15) is 0 Å². The lowest BCUT2D eigenvalue weighted by Gasteiger charge is -2.33. The molecule has 0 saturated heterocycles. The Morgan fingerprint density at radius 3 is 1.52 bits per heavy atom. The summed E-state index contributed by atoms with van der Waals surface area (Å²) in [5.41, 5.74) is 0. The summed E-state index contributed by atoms with van der Waals surface area (Å²) < 4.78 is -0.381. The predicted molar refractivity (Wildman–Crippen MR) is 125 cm³/mol. The second kappa shape index (κ2) is 19.0. The van der Waals surface area contributed by atoms with Crippen molar-refractivity contribution in [3.05, 3.63) is 5.21 Å². The Morgan fingerprint density at radius 1 is 0.613 bits per heavy atom. The normalized spacial score (nSPS) is 11.2. The summed E-state index contributed by atoms with van der Waals surface area (Å²) >= 11 is 0. The Balaban J connectivity index is 3.49. The average Bonchev–Trinajstić information content (AvgIpc) is 2.71. The molecule has 0 spiro atoms. The fourth-order valence-electron chi connectivity index (χ4n) is 3.18. The highest BCUT2D eigenvalue weighted by atomic mass is 16.5. The van der Waals surface area contributed by atoms with E-state index in [1.54, 1.807) is 14.1 Å². The monoisotopic (exact) mass is 442 g/mol. The van der Waals surface area contributed by atoms with Gasteiger partial charge in [-0.1, -0.05) is 58.3 Å². The zero-order chi connectivity index (χ0) is 23.4. The number of nitrogens with one attached hydrogen (secondary N) is 3. The summed E-state index contributed by atoms with van der Waals surface area (Å²) in [6.45, 7) is 3.86. The Bertz CT molecular complexity index is 492. The second-order valence-corrected chi connectivity index (χ2v) is 8.78. The van der Waals surface area contributed by atoms with Crippen LogP contribution >= 0.6 is 0 Å². The largest absolute Gasteiger partial charge is 0.633 e. The molecule has 0 aliphatic rings. The van der Waals surface area contributed by atoms with Gasteiger partial charge in [0.05, 0.1) is 20.6 Å². The van der Waals surface area contributed by atoms with Crippen molar-refractivity contribution in [2.45, 2.75) is 90.4 Å². The Morgan fingerprint density at radius 2 is 1.03 bits per heavy atom. The number of amides is 3. The van der Waals surface area contributed by atoms with Crippen molar-refractivity contribution in [1.82, 2.24) is 16.0 Å². The number of rotatable bonds is 20. The lowest BCUT2D eigenvalue weighted by molar-refractivity contribution is -0.840. The van der Waals surface area contributed by atoms with E-state index in [0.717, 1.165) is 12.8 Å². The lowest BCUT2D eigenvalue weighted by atomic mass is 10.1. The zero-order valence-corrected chi connectivity index (χ0v) is 20.1. The quantitative estimate of drug-likeness (QED) is 0.153. The maximum Gasteiger partial charge on any atom is 0.220 e. The standard InChI is InChI=1S/C23H46N4O4/c1-4-5-6-7-8-9-10-11-12-14-21(28)25-18-19-26-23(30)16-15-22(29)24-17-13-20-27(2,3)31/h4-20H2,1-3H3,(H,24,29)(H,25,28)(H,26,30). The first-order chi connectivity index (χ1) is 14.7. The predicted octanol–water partition coefficient (Wildman–Crippen LogP) is 3.00. The summed E-state index contributed by atoms with van der Waals surface area (Å²) in [7, 11) is 3.12. The van der Waals surface area contributed by atoms with Gasteiger partial charge >= 0.3 is 0 Å². The molecule has 0 radical (unpaired) electrons. The molecular formula is C23H46N4O4. The molecule has 0 fully saturated rings. The second-order valence-electron chi connectivity index (χ2n) is 8.78. The van der Waals surface area contributed by atoms with Gasteiger partial charge in [0.1, 0.15) is 0 Å². The molecule has 182 valence electrons. The third kappa shape index (κ3) is 22.8. The zero-order valence-electron chi connectivity index (χ0n) is 20.1. The molecule has 0 bridgehead atoms. The highest BCUT2D eigenvalue weighted by Gasteiger charge is 2.08. The summed E-state index contributed by atoms with van der Waals surface area (Å²) in [5, 5.41) is 19.6. The molecule has 0 aliphatic carbocycles. The molecule has 31 heavy (non-hydrogen) atoms. The summed E-state index contributed by atoms with van der Waals surface area (Å²) in [6.07, 6.45) is 12.4. The van der Waals surface area contributed by atoms with Crippen LogP contribution in [0.5, 0.6) is 0 Å². The van der Waals surface area contributed by atoms with Crippen molar-refractivity contribution in [2.24, 2.45) is 0 Å². The molecule has 0 atom stereocenters. The van der Waals surface area contributed by atoms with Crippen molar-refractivity contribution in [2.75, 3.05) is 40.3 Å². The SMILES string of the molecule is CCCCCCCCCCCC(=O)NCCNC(=O)CCC(=O)NCCC[N+](C)(C)[O-]. The highest BCUT2D eigenvalue weighted by molar-refractivity contribution is 5.83. The van der Waals surface area contributed by atoms with E-state index in [1.165, 1.54) is 44.9 Å². The molecule has 0 aromatic carbocycles. The van der Waals surface area contributed by atoms with Gasteiger partial charge in [0.15, 0.2) is 0 Å². The Kier molecular flexibility index (Phi) is 18.0. The van der Waals surface area contributed by atoms with Gasteiger partial charge in [-0.05, 0) is 6.42 Å². The van der Waals surface area contributed by atoms with E-state index in [2.05, 4.69) is 22.9 Å². The van der Waals surface area contributed by atoms with Crippen LogP contribution in [-0.2, 0) is 14.4 Å². The van der Waals surface area contributed by atoms with Crippen molar-refractivity contribution >= 4 is 17.7 Å². The van der Waals surface area contributed by atoms with Crippen LogP contribution in [0.1, 0.15) is 90.4 Å². The maximum absolute atomic E-state index is 11.8. The van der Waals surface area contributed by atoms with Gasteiger partial charge in [-0.25, -0.2) is 0 Å². The highest BCUT2D eigenvalue weighted by Crippen LogP contribution is 2.10. The number of quaternary nitrogens is 1. The van der Waals surface area contributed by atoms with Crippen LogP contribution in [0.4, 0.5) is 0 Å². The van der Waals surface area contributed by atoms with Crippen LogP contribution in [0.2, 0.25) is 0 Å². The minimum atomic E-state index is -0.381. The summed E-state index contributed by atoms with van der Waals surface area (Å²) in [6, 6.07) is 0. The molecule has 0 heterocycles. The number of carbonyl (C=O) groups excluding carboxylic acids is 3. The van der Waals surface area contributed by atoms with Crippen molar-refractivity contribution in [3.8, 4) is 0 Å². The number of carbonyl (C=O) groups is 3. The molecule has 8 heteroatoms. The fourth-order valence-corrected chi connectivity index (χ4v) is 3.18. The van der Waals surface area contributed by atoms with E-state index < -0.39 is 0 Å². The van der Waals surface area contributed by atoms with Crippen LogP contribution in [-0.4, -0.2) is 62.6 Å². The number of unbranched alkanes of at least 4 members (excludes halogenated alkanes) is 8. The van der Waals surface area contributed by atoms with E-state index in [1.807, 2.05) is 0 Å². The Hall–Kier alpha value is -1.67. The van der Waals surface area contributed by atoms with Gasteiger partial charge < -0.3 is 25.8 Å². The lowest BCUT2D eigenvalue weighted by Crippen LogP contribution is -2.36. The van der Waals surface area contributed by atoms with Gasteiger partial charge in [0, 0.05) is 45.3 Å². The number of hydrogen-bond acceptors (Lipinski definition) is 4. The molecule has 3 amide bonds. The Labute approximate surface area is 189 Å². The molecule has 0 rings (SSSR count). The summed E-state index contributed by atoms with van der Waals surface area (Å²) in [4.78, 5) is 35.2. The molecule has 3 N–H and O–H groups in total. The minimum absolute atomic E-state index is 0.0245. The first-order valence-electron chi connectivity index (χ1n) is 12.1. The van der Waals surface area contributed by atoms with E-state index in [0.29, 0.717) is 39.0 Å². The average molecular weight is 443 g/mol. The van der Waals surface area contributed by atoms with Crippen molar-refractivity contribution in [1.29, 1.82) is 0 Å². The van der Waals surface area contributed by atoms with Crippen LogP contribution in [0.3, 0.4) is 0 Å². The topological polar surface area (TPSA) is 110 Å². The third-order valence-corrected chi connectivity index (χ3v) is 5.05. The third-order valence-electron chi connectivity index (χ3n) is 5.05. The number of hydroxylamine groups is 3. The van der Waals surface area contributed by atoms with Crippen molar-refractivity contribution < 1.29 is 19.0 Å². The molecule has 0 aromatic heterocycles. The van der Waals surface area contributed by atoms with Crippen molar-refractivity contribution in [3.63, 3.8) is 0 Å². The molecule has 8 nitrogen and oxygen atoms in total.